The Hall–Kier alpha value is -1.81. The van der Waals surface area contributed by atoms with E-state index >= 15 is 0 Å². The van der Waals surface area contributed by atoms with Gasteiger partial charge in [-0.2, -0.15) is 5.10 Å². The Labute approximate surface area is 109 Å². The number of aromatic amines is 1. The van der Waals surface area contributed by atoms with E-state index < -0.39 is 5.91 Å². The number of halogens is 1. The predicted molar refractivity (Wildman–Crippen MR) is 69.5 cm³/mol. The molecule has 5 heteroatoms. The first-order valence-electron chi connectivity index (χ1n) is 5.80. The Kier molecular flexibility index (Phi) is 2.59. The van der Waals surface area contributed by atoms with Crippen LogP contribution in [-0.4, -0.2) is 16.1 Å². The molecule has 0 spiro atoms. The van der Waals surface area contributed by atoms with Crippen LogP contribution in [0.4, 0.5) is 0 Å². The zero-order valence-corrected chi connectivity index (χ0v) is 10.4. The fourth-order valence-corrected chi connectivity index (χ4v) is 2.37. The fourth-order valence-electron chi connectivity index (χ4n) is 2.09. The summed E-state index contributed by atoms with van der Waals surface area (Å²) in [5, 5.41) is 7.50. The molecule has 1 heterocycles. The van der Waals surface area contributed by atoms with Gasteiger partial charge in [0.25, 0.3) is 0 Å². The van der Waals surface area contributed by atoms with E-state index in [0.29, 0.717) is 16.5 Å². The highest BCUT2D eigenvalue weighted by molar-refractivity contribution is 6.34. The Morgan fingerprint density at radius 3 is 2.83 bits per heavy atom. The van der Waals surface area contributed by atoms with Crippen LogP contribution < -0.4 is 5.73 Å². The van der Waals surface area contributed by atoms with Crippen molar-refractivity contribution in [3.05, 3.63) is 40.7 Å². The minimum Gasteiger partial charge on any atom is -0.366 e. The number of nitrogens with zero attached hydrogens (tertiary/aromatic N) is 1. The van der Waals surface area contributed by atoms with Crippen LogP contribution in [0.15, 0.2) is 24.4 Å². The van der Waals surface area contributed by atoms with Crippen LogP contribution >= 0.6 is 11.6 Å². The van der Waals surface area contributed by atoms with E-state index in [0.717, 1.165) is 16.8 Å². The molecule has 1 aromatic carbocycles. The zero-order valence-electron chi connectivity index (χ0n) is 9.61. The number of nitrogens with one attached hydrogen (secondary N) is 1. The van der Waals surface area contributed by atoms with Crippen molar-refractivity contribution in [2.45, 2.75) is 18.8 Å². The average molecular weight is 262 g/mol. The van der Waals surface area contributed by atoms with E-state index in [1.54, 1.807) is 18.3 Å². The second-order valence-electron chi connectivity index (χ2n) is 4.53. The maximum absolute atomic E-state index is 11.1. The highest BCUT2D eigenvalue weighted by atomic mass is 35.5. The molecule has 2 aromatic rings. The van der Waals surface area contributed by atoms with Gasteiger partial charge in [-0.05, 0) is 30.5 Å². The Balaban J connectivity index is 2.04. The lowest BCUT2D eigenvalue weighted by Gasteiger charge is -2.05. The third kappa shape index (κ3) is 1.88. The molecule has 18 heavy (non-hydrogen) atoms. The monoisotopic (exact) mass is 261 g/mol. The van der Waals surface area contributed by atoms with Crippen LogP contribution in [-0.2, 0) is 0 Å². The van der Waals surface area contributed by atoms with Gasteiger partial charge in [-0.3, -0.25) is 9.89 Å². The summed E-state index contributed by atoms with van der Waals surface area (Å²) in [6.07, 6.45) is 4.19. The minimum absolute atomic E-state index is 0.344. The number of hydrogen-bond acceptors (Lipinski definition) is 2. The fraction of sp³-hybridized carbons (Fsp3) is 0.231. The number of nitrogens with two attached hydrogens (primary N) is 1. The van der Waals surface area contributed by atoms with Gasteiger partial charge in [0, 0.05) is 17.2 Å². The Morgan fingerprint density at radius 1 is 1.44 bits per heavy atom. The molecule has 3 rings (SSSR count). The molecule has 3 N–H and O–H groups in total. The summed E-state index contributed by atoms with van der Waals surface area (Å²) in [6, 6.07) is 5.27. The summed E-state index contributed by atoms with van der Waals surface area (Å²) in [4.78, 5) is 11.1. The molecule has 0 aliphatic heterocycles. The third-order valence-electron chi connectivity index (χ3n) is 3.20. The van der Waals surface area contributed by atoms with Crippen LogP contribution in [0, 0.1) is 0 Å². The molecule has 0 radical (unpaired) electrons. The van der Waals surface area contributed by atoms with Crippen molar-refractivity contribution in [3.8, 4) is 11.1 Å². The first-order chi connectivity index (χ1) is 8.66. The molecular formula is C13H12ClN3O. The molecule has 1 fully saturated rings. The van der Waals surface area contributed by atoms with Gasteiger partial charge in [0.2, 0.25) is 5.91 Å². The number of H-pyrrole nitrogens is 1. The van der Waals surface area contributed by atoms with Crippen LogP contribution in [0.5, 0.6) is 0 Å². The van der Waals surface area contributed by atoms with Crippen molar-refractivity contribution in [3.63, 3.8) is 0 Å². The molecule has 0 unspecified atom stereocenters. The summed E-state index contributed by atoms with van der Waals surface area (Å²) in [7, 11) is 0. The Morgan fingerprint density at radius 2 is 2.22 bits per heavy atom. The van der Waals surface area contributed by atoms with Crippen molar-refractivity contribution in [1.29, 1.82) is 0 Å². The SMILES string of the molecule is NC(=O)c1ccc(-c2cn[nH]c2C2CC2)cc1Cl. The van der Waals surface area contributed by atoms with Gasteiger partial charge >= 0.3 is 0 Å². The van der Waals surface area contributed by atoms with Crippen molar-refractivity contribution in [2.24, 2.45) is 5.73 Å². The summed E-state index contributed by atoms with van der Waals surface area (Å²) in [6.45, 7) is 0. The first-order valence-corrected chi connectivity index (χ1v) is 6.17. The standard InChI is InChI=1S/C13H12ClN3O/c14-11-5-8(3-4-9(11)13(15)18)10-6-16-17-12(10)7-1-2-7/h3-7H,1-2H2,(H2,15,18)(H,16,17). The normalized spacial score (nSPS) is 14.7. The molecule has 1 saturated carbocycles. The smallest absolute Gasteiger partial charge is 0.250 e. The molecule has 1 aromatic heterocycles. The topological polar surface area (TPSA) is 71.8 Å². The van der Waals surface area contributed by atoms with Crippen LogP contribution in [0.3, 0.4) is 0 Å². The number of primary amides is 1. The molecule has 1 aliphatic carbocycles. The summed E-state index contributed by atoms with van der Waals surface area (Å²) < 4.78 is 0. The molecule has 92 valence electrons. The Bertz CT molecular complexity index is 616. The lowest BCUT2D eigenvalue weighted by atomic mass is 10.0. The van der Waals surface area contributed by atoms with Gasteiger partial charge < -0.3 is 5.73 Å². The van der Waals surface area contributed by atoms with Crippen molar-refractivity contribution >= 4 is 17.5 Å². The lowest BCUT2D eigenvalue weighted by Crippen LogP contribution is -2.11. The van der Waals surface area contributed by atoms with Crippen LogP contribution in [0.1, 0.15) is 34.8 Å². The quantitative estimate of drug-likeness (QED) is 0.892. The number of rotatable bonds is 3. The van der Waals surface area contributed by atoms with Crippen LogP contribution in [0.25, 0.3) is 11.1 Å². The second kappa shape index (κ2) is 4.14. The highest BCUT2D eigenvalue weighted by Gasteiger charge is 2.28. The van der Waals surface area contributed by atoms with E-state index in [2.05, 4.69) is 10.2 Å². The number of amides is 1. The molecule has 0 saturated heterocycles. The molecule has 1 aliphatic rings. The zero-order chi connectivity index (χ0) is 12.7. The highest BCUT2D eigenvalue weighted by Crippen LogP contribution is 2.43. The summed E-state index contributed by atoms with van der Waals surface area (Å²) in [5.74, 6) is 0.0678. The van der Waals surface area contributed by atoms with Gasteiger partial charge in [0.15, 0.2) is 0 Å². The number of carbonyl (C=O) groups excluding carboxylic acids is 1. The molecule has 1 amide bonds. The lowest BCUT2D eigenvalue weighted by molar-refractivity contribution is 0.100. The molecule has 4 nitrogen and oxygen atoms in total. The van der Waals surface area contributed by atoms with E-state index in [1.807, 2.05) is 6.07 Å². The van der Waals surface area contributed by atoms with Gasteiger partial charge in [0.05, 0.1) is 16.8 Å². The number of carbonyl (C=O) groups is 1. The van der Waals surface area contributed by atoms with Gasteiger partial charge in [0.1, 0.15) is 0 Å². The second-order valence-corrected chi connectivity index (χ2v) is 4.94. The predicted octanol–water partition coefficient (Wildman–Crippen LogP) is 2.71. The van der Waals surface area contributed by atoms with Crippen molar-refractivity contribution < 1.29 is 4.79 Å². The largest absolute Gasteiger partial charge is 0.366 e. The van der Waals surface area contributed by atoms with Crippen LogP contribution in [0.2, 0.25) is 5.02 Å². The molecular weight excluding hydrogens is 250 g/mol. The van der Waals surface area contributed by atoms with Crippen molar-refractivity contribution in [1.82, 2.24) is 10.2 Å². The van der Waals surface area contributed by atoms with Crippen molar-refractivity contribution in [2.75, 3.05) is 0 Å². The molecule has 0 bridgehead atoms. The average Bonchev–Trinajstić information content (AvgIpc) is 3.06. The van der Waals surface area contributed by atoms with E-state index in [1.165, 1.54) is 12.8 Å². The minimum atomic E-state index is -0.513. The van der Waals surface area contributed by atoms with Gasteiger partial charge in [-0.1, -0.05) is 17.7 Å². The summed E-state index contributed by atoms with van der Waals surface area (Å²) >= 11 is 6.06. The van der Waals surface area contributed by atoms with Gasteiger partial charge in [-0.25, -0.2) is 0 Å². The first kappa shape index (κ1) is 11.3. The van der Waals surface area contributed by atoms with E-state index in [9.17, 15) is 4.79 Å². The molecule has 0 atom stereocenters. The van der Waals surface area contributed by atoms with E-state index in [-0.39, 0.29) is 0 Å². The number of aromatic nitrogens is 2. The number of hydrogen-bond donors (Lipinski definition) is 2. The van der Waals surface area contributed by atoms with Gasteiger partial charge in [-0.15, -0.1) is 0 Å². The number of benzene rings is 1. The maximum atomic E-state index is 11.1. The summed E-state index contributed by atoms with van der Waals surface area (Å²) in [5.41, 5.74) is 8.73. The maximum Gasteiger partial charge on any atom is 0.250 e. The third-order valence-corrected chi connectivity index (χ3v) is 3.51. The van der Waals surface area contributed by atoms with E-state index in [4.69, 9.17) is 17.3 Å².